The van der Waals surface area contributed by atoms with E-state index in [1.54, 1.807) is 6.92 Å². The smallest absolute Gasteiger partial charge is 0.194 e. The number of rotatable bonds is 6. The van der Waals surface area contributed by atoms with Crippen LogP contribution in [0, 0.1) is 17.6 Å². The average Bonchev–Trinajstić information content (AvgIpc) is 2.31. The fraction of sp³-hybridized carbons (Fsp3) is 0.533. The van der Waals surface area contributed by atoms with Gasteiger partial charge in [0.05, 0.1) is 5.56 Å². The van der Waals surface area contributed by atoms with Gasteiger partial charge in [0.15, 0.2) is 5.78 Å². The molecule has 0 heterocycles. The van der Waals surface area contributed by atoms with Crippen LogP contribution in [-0.2, 0) is 4.74 Å². The number of carbonyl (C=O) groups is 1. The maximum Gasteiger partial charge on any atom is 0.194 e. The molecular weight excluding hydrogens is 250 g/mol. The Labute approximate surface area is 111 Å². The molecule has 0 saturated heterocycles. The first-order valence-electron chi connectivity index (χ1n) is 6.69. The summed E-state index contributed by atoms with van der Waals surface area (Å²) in [5.41, 5.74) is -0.113. The van der Waals surface area contributed by atoms with Crippen molar-refractivity contribution in [3.05, 3.63) is 35.4 Å². The summed E-state index contributed by atoms with van der Waals surface area (Å²) in [7, 11) is 0. The van der Waals surface area contributed by atoms with Gasteiger partial charge in [-0.15, -0.1) is 0 Å². The molecule has 2 rings (SSSR count). The van der Waals surface area contributed by atoms with Crippen LogP contribution in [0.4, 0.5) is 8.78 Å². The van der Waals surface area contributed by atoms with Gasteiger partial charge in [0.25, 0.3) is 0 Å². The number of Topliss-reactive ketones (excluding diaryl/α,β-unsaturated/α-hetero) is 1. The third kappa shape index (κ3) is 3.60. The molecule has 1 atom stereocenters. The zero-order valence-electron chi connectivity index (χ0n) is 11.0. The predicted molar refractivity (Wildman–Crippen MR) is 68.1 cm³/mol. The number of hydrogen-bond donors (Lipinski definition) is 0. The largest absolute Gasteiger partial charge is 0.370 e. The van der Waals surface area contributed by atoms with E-state index in [-0.39, 0.29) is 5.56 Å². The van der Waals surface area contributed by atoms with E-state index in [9.17, 15) is 13.6 Å². The van der Waals surface area contributed by atoms with E-state index >= 15 is 0 Å². The van der Waals surface area contributed by atoms with Crippen molar-refractivity contribution in [2.24, 2.45) is 5.92 Å². The monoisotopic (exact) mass is 268 g/mol. The molecule has 2 nitrogen and oxygen atoms in total. The lowest BCUT2D eigenvalue weighted by atomic mass is 9.83. The zero-order chi connectivity index (χ0) is 13.8. The van der Waals surface area contributed by atoms with Crippen LogP contribution in [0.1, 0.15) is 43.0 Å². The second-order valence-electron chi connectivity index (χ2n) is 5.09. The van der Waals surface area contributed by atoms with Crippen molar-refractivity contribution < 1.29 is 18.3 Å². The standard InChI is InChI=1S/C15H18F2O2/c1-10(19-8-7-11-3-2-4-11)15(18)13-6-5-12(16)9-14(13)17/h5-6,9-11H,2-4,7-8H2,1H3. The molecule has 0 aliphatic heterocycles. The fourth-order valence-electron chi connectivity index (χ4n) is 2.18. The Morgan fingerprint density at radius 2 is 2.16 bits per heavy atom. The lowest BCUT2D eigenvalue weighted by Gasteiger charge is -2.25. The summed E-state index contributed by atoms with van der Waals surface area (Å²) in [5, 5.41) is 0. The van der Waals surface area contributed by atoms with Crippen LogP contribution in [0.25, 0.3) is 0 Å². The fourth-order valence-corrected chi connectivity index (χ4v) is 2.18. The summed E-state index contributed by atoms with van der Waals surface area (Å²) in [6, 6.07) is 2.96. The molecule has 0 radical (unpaired) electrons. The molecule has 1 fully saturated rings. The van der Waals surface area contributed by atoms with E-state index in [4.69, 9.17) is 4.74 Å². The second kappa shape index (κ2) is 6.24. The molecular formula is C15H18F2O2. The third-order valence-corrected chi connectivity index (χ3v) is 3.68. The Kier molecular flexibility index (Phi) is 4.64. The molecule has 0 bridgehead atoms. The molecule has 1 aliphatic rings. The van der Waals surface area contributed by atoms with Gasteiger partial charge in [-0.2, -0.15) is 0 Å². The average molecular weight is 268 g/mol. The number of halogens is 2. The number of ether oxygens (including phenoxy) is 1. The van der Waals surface area contributed by atoms with E-state index in [0.717, 1.165) is 12.5 Å². The maximum atomic E-state index is 13.5. The summed E-state index contributed by atoms with van der Waals surface area (Å²) >= 11 is 0. The minimum absolute atomic E-state index is 0.113. The Morgan fingerprint density at radius 3 is 2.74 bits per heavy atom. The van der Waals surface area contributed by atoms with Crippen molar-refractivity contribution in [2.45, 2.75) is 38.7 Å². The highest BCUT2D eigenvalue weighted by atomic mass is 19.1. The van der Waals surface area contributed by atoms with E-state index < -0.39 is 23.5 Å². The summed E-state index contributed by atoms with van der Waals surface area (Å²) in [6.07, 6.45) is 4.00. The molecule has 0 amide bonds. The van der Waals surface area contributed by atoms with Crippen LogP contribution in [0.5, 0.6) is 0 Å². The quantitative estimate of drug-likeness (QED) is 0.735. The highest BCUT2D eigenvalue weighted by Gasteiger charge is 2.21. The number of ketones is 1. The number of hydrogen-bond acceptors (Lipinski definition) is 2. The summed E-state index contributed by atoms with van der Waals surface area (Å²) < 4.78 is 31.7. The molecule has 0 N–H and O–H groups in total. The Bertz CT molecular complexity index is 455. The van der Waals surface area contributed by atoms with Crippen LogP contribution in [0.15, 0.2) is 18.2 Å². The van der Waals surface area contributed by atoms with Crippen molar-refractivity contribution in [2.75, 3.05) is 6.61 Å². The van der Waals surface area contributed by atoms with Gasteiger partial charge >= 0.3 is 0 Å². The molecule has 1 aromatic rings. The molecule has 104 valence electrons. The summed E-state index contributed by atoms with van der Waals surface area (Å²) in [6.45, 7) is 2.12. The van der Waals surface area contributed by atoms with Gasteiger partial charge in [-0.05, 0) is 31.4 Å². The van der Waals surface area contributed by atoms with Gasteiger partial charge < -0.3 is 4.74 Å². The van der Waals surface area contributed by atoms with Gasteiger partial charge in [-0.1, -0.05) is 19.3 Å². The first-order valence-corrected chi connectivity index (χ1v) is 6.69. The molecule has 1 aromatic carbocycles. The molecule has 0 aromatic heterocycles. The van der Waals surface area contributed by atoms with Crippen LogP contribution in [0.2, 0.25) is 0 Å². The van der Waals surface area contributed by atoms with Crippen molar-refractivity contribution in [3.8, 4) is 0 Å². The normalized spacial score (nSPS) is 17.0. The summed E-state index contributed by atoms with van der Waals surface area (Å²) in [4.78, 5) is 11.9. The van der Waals surface area contributed by atoms with Crippen molar-refractivity contribution in [1.82, 2.24) is 0 Å². The SMILES string of the molecule is CC(OCCC1CCC1)C(=O)c1ccc(F)cc1F. The minimum Gasteiger partial charge on any atom is -0.370 e. The number of carbonyl (C=O) groups excluding carboxylic acids is 1. The topological polar surface area (TPSA) is 26.3 Å². The maximum absolute atomic E-state index is 13.5. The Hall–Kier alpha value is -1.29. The molecule has 1 aliphatic carbocycles. The van der Waals surface area contributed by atoms with Gasteiger partial charge in [-0.25, -0.2) is 8.78 Å². The first-order chi connectivity index (χ1) is 9.08. The van der Waals surface area contributed by atoms with Gasteiger partial charge in [0.1, 0.15) is 17.7 Å². The van der Waals surface area contributed by atoms with Gasteiger partial charge in [0, 0.05) is 12.7 Å². The van der Waals surface area contributed by atoms with E-state index in [2.05, 4.69) is 0 Å². The Balaban J connectivity index is 1.86. The number of benzene rings is 1. The minimum atomic E-state index is -0.834. The van der Waals surface area contributed by atoms with E-state index in [1.165, 1.54) is 25.3 Å². The van der Waals surface area contributed by atoms with E-state index in [1.807, 2.05) is 0 Å². The molecule has 1 unspecified atom stereocenters. The molecule has 4 heteroatoms. The lowest BCUT2D eigenvalue weighted by Crippen LogP contribution is -2.24. The highest BCUT2D eigenvalue weighted by Crippen LogP contribution is 2.29. The second-order valence-corrected chi connectivity index (χ2v) is 5.09. The Morgan fingerprint density at radius 1 is 1.42 bits per heavy atom. The summed E-state index contributed by atoms with van der Waals surface area (Å²) in [5.74, 6) is -1.25. The molecule has 1 saturated carbocycles. The third-order valence-electron chi connectivity index (χ3n) is 3.68. The molecule has 0 spiro atoms. The van der Waals surface area contributed by atoms with E-state index in [0.29, 0.717) is 18.6 Å². The van der Waals surface area contributed by atoms with Crippen LogP contribution in [-0.4, -0.2) is 18.5 Å². The van der Waals surface area contributed by atoms with Crippen LogP contribution >= 0.6 is 0 Å². The van der Waals surface area contributed by atoms with Crippen LogP contribution in [0.3, 0.4) is 0 Å². The molecule has 19 heavy (non-hydrogen) atoms. The van der Waals surface area contributed by atoms with Gasteiger partial charge in [-0.3, -0.25) is 4.79 Å². The van der Waals surface area contributed by atoms with Crippen molar-refractivity contribution >= 4 is 5.78 Å². The highest BCUT2D eigenvalue weighted by molar-refractivity contribution is 5.99. The van der Waals surface area contributed by atoms with Gasteiger partial charge in [0.2, 0.25) is 0 Å². The van der Waals surface area contributed by atoms with Crippen molar-refractivity contribution in [3.63, 3.8) is 0 Å². The zero-order valence-corrected chi connectivity index (χ0v) is 11.0. The predicted octanol–water partition coefficient (Wildman–Crippen LogP) is 3.74. The lowest BCUT2D eigenvalue weighted by molar-refractivity contribution is 0.0392. The van der Waals surface area contributed by atoms with Crippen LogP contribution < -0.4 is 0 Å². The van der Waals surface area contributed by atoms with Crippen molar-refractivity contribution in [1.29, 1.82) is 0 Å². The first kappa shape index (κ1) is 14.1.